The molecule has 0 unspecified atom stereocenters. The molecule has 1 aliphatic carbocycles. The van der Waals surface area contributed by atoms with E-state index in [0.717, 1.165) is 18.4 Å². The van der Waals surface area contributed by atoms with Crippen LogP contribution in [0.1, 0.15) is 54.2 Å². The molecule has 144 valence electrons. The van der Waals surface area contributed by atoms with E-state index in [0.29, 0.717) is 12.5 Å². The molecule has 7 heteroatoms. The number of amides is 2. The third kappa shape index (κ3) is 4.72. The Hall–Kier alpha value is -2.70. The minimum absolute atomic E-state index is 0.0768. The van der Waals surface area contributed by atoms with Gasteiger partial charge in [0.2, 0.25) is 5.91 Å². The molecule has 0 atom stereocenters. The second-order valence-electron chi connectivity index (χ2n) is 7.65. The maximum absolute atomic E-state index is 13.0. The van der Waals surface area contributed by atoms with Crippen molar-refractivity contribution in [2.24, 2.45) is 0 Å². The molecule has 0 bridgehead atoms. The van der Waals surface area contributed by atoms with Crippen molar-refractivity contribution in [1.29, 1.82) is 0 Å². The quantitative estimate of drug-likeness (QED) is 0.751. The first kappa shape index (κ1) is 19.1. The molecule has 2 aromatic rings. The predicted octanol–water partition coefficient (Wildman–Crippen LogP) is 2.29. The highest BCUT2D eigenvalue weighted by Gasteiger charge is 2.34. The largest absolute Gasteiger partial charge is 0.347 e. The third-order valence-electron chi connectivity index (χ3n) is 4.80. The number of carbonyl (C=O) groups is 2. The number of benzene rings is 1. The summed E-state index contributed by atoms with van der Waals surface area (Å²) in [4.78, 5) is 28.1. The van der Waals surface area contributed by atoms with Gasteiger partial charge in [-0.1, -0.05) is 43.3 Å². The molecule has 1 saturated carbocycles. The molecule has 1 heterocycles. The van der Waals surface area contributed by atoms with Crippen LogP contribution >= 0.6 is 0 Å². The Morgan fingerprint density at radius 1 is 1.19 bits per heavy atom. The normalized spacial score (nSPS) is 13.7. The summed E-state index contributed by atoms with van der Waals surface area (Å²) in [7, 11) is 3.37. The molecule has 0 spiro atoms. The van der Waals surface area contributed by atoms with Gasteiger partial charge in [-0.3, -0.25) is 9.59 Å². The topological polar surface area (TPSA) is 71.3 Å². The van der Waals surface area contributed by atoms with Crippen LogP contribution in [0, 0.1) is 0 Å². The van der Waals surface area contributed by atoms with Gasteiger partial charge in [0, 0.05) is 26.7 Å². The Balaban J connectivity index is 1.71. The summed E-state index contributed by atoms with van der Waals surface area (Å²) in [5, 5.41) is 7.92. The predicted molar refractivity (Wildman–Crippen MR) is 102 cm³/mol. The van der Waals surface area contributed by atoms with Crippen LogP contribution in [0.15, 0.2) is 30.5 Å². The highest BCUT2D eigenvalue weighted by atomic mass is 16.2. The van der Waals surface area contributed by atoms with Gasteiger partial charge in [-0.2, -0.15) is 0 Å². The van der Waals surface area contributed by atoms with Crippen LogP contribution in [0.4, 0.5) is 0 Å². The average Bonchev–Trinajstić information content (AvgIpc) is 3.38. The van der Waals surface area contributed by atoms with Gasteiger partial charge in [0.05, 0.1) is 6.20 Å². The van der Waals surface area contributed by atoms with Gasteiger partial charge in [0.25, 0.3) is 5.91 Å². The van der Waals surface area contributed by atoms with Crippen LogP contribution in [0.25, 0.3) is 0 Å². The molecule has 0 saturated heterocycles. The van der Waals surface area contributed by atoms with Crippen molar-refractivity contribution in [3.63, 3.8) is 0 Å². The van der Waals surface area contributed by atoms with Gasteiger partial charge in [0.15, 0.2) is 5.69 Å². The van der Waals surface area contributed by atoms with Crippen LogP contribution in [0.5, 0.6) is 0 Å². The van der Waals surface area contributed by atoms with Gasteiger partial charge in [-0.15, -0.1) is 5.10 Å². The lowest BCUT2D eigenvalue weighted by molar-refractivity contribution is -0.129. The number of hydrogen-bond donors (Lipinski definition) is 0. The van der Waals surface area contributed by atoms with E-state index in [2.05, 4.69) is 48.4 Å². The van der Waals surface area contributed by atoms with Crippen LogP contribution in [0.2, 0.25) is 0 Å². The lowest BCUT2D eigenvalue weighted by Gasteiger charge is -2.21. The first-order chi connectivity index (χ1) is 12.8. The summed E-state index contributed by atoms with van der Waals surface area (Å²) in [6.45, 7) is 4.97. The number of likely N-dealkylation sites (N-methyl/N-ethyl adjacent to an activating group) is 1. The zero-order valence-electron chi connectivity index (χ0n) is 16.4. The van der Waals surface area contributed by atoms with Gasteiger partial charge in [0.1, 0.15) is 6.54 Å². The Morgan fingerprint density at radius 3 is 2.41 bits per heavy atom. The van der Waals surface area contributed by atoms with Crippen molar-refractivity contribution in [2.75, 3.05) is 14.1 Å². The van der Waals surface area contributed by atoms with Gasteiger partial charge in [-0.05, 0) is 29.9 Å². The fraction of sp³-hybridized carbons (Fsp3) is 0.500. The van der Waals surface area contributed by atoms with E-state index >= 15 is 0 Å². The van der Waals surface area contributed by atoms with Crippen LogP contribution in [0.3, 0.4) is 0 Å². The second-order valence-corrected chi connectivity index (χ2v) is 7.65. The van der Waals surface area contributed by atoms with Crippen LogP contribution in [-0.2, 0) is 17.9 Å². The Morgan fingerprint density at radius 2 is 1.85 bits per heavy atom. The van der Waals surface area contributed by atoms with E-state index in [-0.39, 0.29) is 30.1 Å². The van der Waals surface area contributed by atoms with Gasteiger partial charge >= 0.3 is 0 Å². The van der Waals surface area contributed by atoms with E-state index in [4.69, 9.17) is 0 Å². The summed E-state index contributed by atoms with van der Waals surface area (Å²) in [6, 6.07) is 8.68. The number of nitrogens with zero attached hydrogens (tertiary/aromatic N) is 5. The molecule has 1 fully saturated rings. The molecular formula is C20H27N5O2. The standard InChI is InChI=1S/C20H27N5O2/c1-14(2)16-7-5-15(6-8-16)11-25(17-9-10-17)20(27)18-12-24(22-21-18)13-19(26)23(3)4/h5-8,12,14,17H,9-11,13H2,1-4H3. The Kier molecular flexibility index (Phi) is 5.58. The lowest BCUT2D eigenvalue weighted by atomic mass is 10.0. The van der Waals surface area contributed by atoms with Crippen LogP contribution in [-0.4, -0.2) is 56.7 Å². The maximum atomic E-state index is 13.0. The highest BCUT2D eigenvalue weighted by molar-refractivity contribution is 5.92. The van der Waals surface area contributed by atoms with E-state index in [1.807, 2.05) is 4.90 Å². The van der Waals surface area contributed by atoms with Crippen molar-refractivity contribution in [2.45, 2.75) is 51.7 Å². The maximum Gasteiger partial charge on any atom is 0.276 e. The SMILES string of the molecule is CC(C)c1ccc(CN(C(=O)c2cn(CC(=O)N(C)C)nn2)C2CC2)cc1. The lowest BCUT2D eigenvalue weighted by Crippen LogP contribution is -2.33. The minimum atomic E-state index is -0.131. The summed E-state index contributed by atoms with van der Waals surface area (Å²) < 4.78 is 1.41. The van der Waals surface area contributed by atoms with Crippen molar-refractivity contribution >= 4 is 11.8 Å². The monoisotopic (exact) mass is 369 g/mol. The number of rotatable bonds is 7. The molecule has 0 N–H and O–H groups in total. The number of aromatic nitrogens is 3. The summed E-state index contributed by atoms with van der Waals surface area (Å²) in [5.41, 5.74) is 2.68. The summed E-state index contributed by atoms with van der Waals surface area (Å²) in [5.74, 6) is 0.261. The molecule has 1 aromatic carbocycles. The molecule has 1 aromatic heterocycles. The van der Waals surface area contributed by atoms with Crippen molar-refractivity contribution in [3.05, 3.63) is 47.3 Å². The third-order valence-corrected chi connectivity index (χ3v) is 4.80. The Bertz CT molecular complexity index is 806. The smallest absolute Gasteiger partial charge is 0.276 e. The van der Waals surface area contributed by atoms with E-state index in [9.17, 15) is 9.59 Å². The van der Waals surface area contributed by atoms with Gasteiger partial charge in [-0.25, -0.2) is 4.68 Å². The van der Waals surface area contributed by atoms with E-state index in [1.165, 1.54) is 15.1 Å². The average molecular weight is 369 g/mol. The molecule has 0 aliphatic heterocycles. The fourth-order valence-electron chi connectivity index (χ4n) is 2.86. The van der Waals surface area contributed by atoms with E-state index < -0.39 is 0 Å². The van der Waals surface area contributed by atoms with Crippen LogP contribution < -0.4 is 0 Å². The molecule has 2 amide bonds. The summed E-state index contributed by atoms with van der Waals surface area (Å²) >= 11 is 0. The first-order valence-corrected chi connectivity index (χ1v) is 9.35. The minimum Gasteiger partial charge on any atom is -0.347 e. The van der Waals surface area contributed by atoms with Crippen molar-refractivity contribution in [1.82, 2.24) is 24.8 Å². The highest BCUT2D eigenvalue weighted by Crippen LogP contribution is 2.29. The Labute approximate surface area is 160 Å². The van der Waals surface area contributed by atoms with Gasteiger partial charge < -0.3 is 9.80 Å². The molecule has 1 aliphatic rings. The molecule has 7 nitrogen and oxygen atoms in total. The first-order valence-electron chi connectivity index (χ1n) is 9.35. The van der Waals surface area contributed by atoms with Crippen molar-refractivity contribution in [3.8, 4) is 0 Å². The number of carbonyl (C=O) groups excluding carboxylic acids is 2. The molecule has 0 radical (unpaired) electrons. The molecule has 3 rings (SSSR count). The fourth-order valence-corrected chi connectivity index (χ4v) is 2.86. The second kappa shape index (κ2) is 7.90. The van der Waals surface area contributed by atoms with E-state index in [1.54, 1.807) is 20.3 Å². The molecule has 27 heavy (non-hydrogen) atoms. The van der Waals surface area contributed by atoms with Crippen molar-refractivity contribution < 1.29 is 9.59 Å². The summed E-state index contributed by atoms with van der Waals surface area (Å²) in [6.07, 6.45) is 3.59. The molecular weight excluding hydrogens is 342 g/mol. The zero-order chi connectivity index (χ0) is 19.6. The zero-order valence-corrected chi connectivity index (χ0v) is 16.4. The number of hydrogen-bond acceptors (Lipinski definition) is 4.